The van der Waals surface area contributed by atoms with Gasteiger partial charge < -0.3 is 15.2 Å². The topological polar surface area (TPSA) is 81.2 Å². The lowest BCUT2D eigenvalue weighted by Crippen LogP contribution is -2.19. The third-order valence-electron chi connectivity index (χ3n) is 1.50. The average molecular weight is 233 g/mol. The number of nitrogens with two attached hydrogens (primary N) is 1. The Bertz CT molecular complexity index is 439. The van der Waals surface area contributed by atoms with Crippen molar-refractivity contribution in [3.63, 3.8) is 0 Å². The first kappa shape index (κ1) is 11.9. The number of halogens is 3. The van der Waals surface area contributed by atoms with Gasteiger partial charge in [-0.15, -0.1) is 13.2 Å². The normalized spacial score (nSPS) is 10.7. The fourth-order valence-electron chi connectivity index (χ4n) is 0.970. The molecule has 1 rings (SSSR count). The summed E-state index contributed by atoms with van der Waals surface area (Å²) in [5.41, 5.74) is 4.68. The molecule has 5 nitrogen and oxygen atoms in total. The van der Waals surface area contributed by atoms with Gasteiger partial charge in [0.1, 0.15) is 11.9 Å². The van der Waals surface area contributed by atoms with E-state index in [0.29, 0.717) is 0 Å². The highest BCUT2D eigenvalue weighted by molar-refractivity contribution is 5.54. The molecule has 0 spiro atoms. The van der Waals surface area contributed by atoms with E-state index in [9.17, 15) is 13.2 Å². The van der Waals surface area contributed by atoms with Gasteiger partial charge in [0.25, 0.3) is 0 Å². The van der Waals surface area contributed by atoms with E-state index >= 15 is 0 Å². The van der Waals surface area contributed by atoms with E-state index in [1.165, 1.54) is 6.07 Å². The van der Waals surface area contributed by atoms with Crippen LogP contribution in [0.2, 0.25) is 0 Å². The maximum absolute atomic E-state index is 12.0. The molecular formula is C8H6F3N3O2. The van der Waals surface area contributed by atoms with Crippen molar-refractivity contribution in [3.8, 4) is 17.6 Å². The molecule has 16 heavy (non-hydrogen) atoms. The van der Waals surface area contributed by atoms with Crippen LogP contribution < -0.4 is 15.2 Å². The predicted octanol–water partition coefficient (Wildman–Crippen LogP) is 1.44. The third kappa shape index (κ3) is 2.66. The first-order valence-corrected chi connectivity index (χ1v) is 3.87. The van der Waals surface area contributed by atoms with E-state index in [-0.39, 0.29) is 11.6 Å². The molecule has 0 amide bonds. The molecule has 0 radical (unpaired) electrons. The number of alkyl halides is 3. The Morgan fingerprint density at radius 2 is 2.12 bits per heavy atom. The Balaban J connectivity index is 3.29. The smallest absolute Gasteiger partial charge is 0.493 e. The highest BCUT2D eigenvalue weighted by Crippen LogP contribution is 2.35. The Kier molecular flexibility index (Phi) is 3.08. The molecule has 0 unspecified atom stereocenters. The van der Waals surface area contributed by atoms with Gasteiger partial charge >= 0.3 is 6.36 Å². The van der Waals surface area contributed by atoms with E-state index < -0.39 is 17.8 Å². The van der Waals surface area contributed by atoms with Crippen molar-refractivity contribution < 1.29 is 22.6 Å². The lowest BCUT2D eigenvalue weighted by molar-refractivity contribution is -0.275. The van der Waals surface area contributed by atoms with Crippen LogP contribution in [0.5, 0.6) is 11.5 Å². The van der Waals surface area contributed by atoms with Gasteiger partial charge in [-0.3, -0.25) is 0 Å². The number of anilines is 1. The molecule has 0 saturated carbocycles. The lowest BCUT2D eigenvalue weighted by Gasteiger charge is -2.13. The largest absolute Gasteiger partial charge is 0.573 e. The Morgan fingerprint density at radius 3 is 2.56 bits per heavy atom. The van der Waals surface area contributed by atoms with Crippen LogP contribution in [0, 0.1) is 11.3 Å². The summed E-state index contributed by atoms with van der Waals surface area (Å²) in [4.78, 5) is 3.40. The van der Waals surface area contributed by atoms with Crippen LogP contribution in [0.25, 0.3) is 0 Å². The number of rotatable bonds is 2. The summed E-state index contributed by atoms with van der Waals surface area (Å²) in [6.07, 6.45) is -4.93. The number of nitrogen functional groups attached to an aromatic ring is 1. The maximum Gasteiger partial charge on any atom is 0.573 e. The molecule has 0 atom stereocenters. The number of pyridine rings is 1. The van der Waals surface area contributed by atoms with E-state index in [4.69, 9.17) is 11.0 Å². The third-order valence-corrected chi connectivity index (χ3v) is 1.50. The molecule has 1 aromatic heterocycles. The van der Waals surface area contributed by atoms with Crippen molar-refractivity contribution in [1.82, 2.24) is 4.98 Å². The van der Waals surface area contributed by atoms with Crippen molar-refractivity contribution in [2.24, 2.45) is 0 Å². The fraction of sp³-hybridized carbons (Fsp3) is 0.250. The summed E-state index contributed by atoms with van der Waals surface area (Å²) in [6, 6.07) is 2.47. The van der Waals surface area contributed by atoms with Crippen molar-refractivity contribution in [2.75, 3.05) is 12.8 Å². The number of methoxy groups -OCH3 is 1. The zero-order chi connectivity index (χ0) is 12.3. The van der Waals surface area contributed by atoms with Crippen molar-refractivity contribution in [1.29, 1.82) is 5.26 Å². The van der Waals surface area contributed by atoms with Gasteiger partial charge in [0.15, 0.2) is 11.4 Å². The molecule has 0 aliphatic heterocycles. The van der Waals surface area contributed by atoms with Gasteiger partial charge in [-0.05, 0) is 0 Å². The first-order chi connectivity index (χ1) is 7.37. The van der Waals surface area contributed by atoms with E-state index in [1.54, 1.807) is 0 Å². The number of nitriles is 1. The molecule has 2 N–H and O–H groups in total. The first-order valence-electron chi connectivity index (χ1n) is 3.87. The lowest BCUT2D eigenvalue weighted by atomic mass is 10.3. The van der Waals surface area contributed by atoms with Gasteiger partial charge in [-0.2, -0.15) is 5.26 Å². The molecule has 0 aromatic carbocycles. The zero-order valence-corrected chi connectivity index (χ0v) is 8.00. The summed E-state index contributed by atoms with van der Waals surface area (Å²) in [5.74, 6) is -1.24. The van der Waals surface area contributed by atoms with Crippen LogP contribution in [-0.4, -0.2) is 18.5 Å². The Labute approximate surface area is 88.2 Å². The number of ether oxygens (including phenoxy) is 2. The number of hydrogen-bond donors (Lipinski definition) is 1. The minimum Gasteiger partial charge on any atom is -0.493 e. The van der Waals surface area contributed by atoms with Crippen LogP contribution in [0.1, 0.15) is 5.69 Å². The maximum atomic E-state index is 12.0. The molecule has 1 aromatic rings. The minimum absolute atomic E-state index is 0.136. The Hall–Kier alpha value is -2.17. The van der Waals surface area contributed by atoms with Gasteiger partial charge in [0, 0.05) is 6.07 Å². The summed E-state index contributed by atoms with van der Waals surface area (Å²) in [6.45, 7) is 0. The van der Waals surface area contributed by atoms with E-state index in [0.717, 1.165) is 13.2 Å². The van der Waals surface area contributed by atoms with Gasteiger partial charge in [0.05, 0.1) is 7.11 Å². The van der Waals surface area contributed by atoms with Crippen LogP contribution in [-0.2, 0) is 0 Å². The highest BCUT2D eigenvalue weighted by Gasteiger charge is 2.34. The fourth-order valence-corrected chi connectivity index (χ4v) is 0.970. The molecular weight excluding hydrogens is 227 g/mol. The quantitative estimate of drug-likeness (QED) is 0.835. The molecule has 0 saturated heterocycles. The van der Waals surface area contributed by atoms with Crippen LogP contribution in [0.4, 0.5) is 19.0 Å². The average Bonchev–Trinajstić information content (AvgIpc) is 2.18. The highest BCUT2D eigenvalue weighted by atomic mass is 19.4. The molecule has 0 aliphatic rings. The van der Waals surface area contributed by atoms with E-state index in [2.05, 4.69) is 14.5 Å². The summed E-state index contributed by atoms with van der Waals surface area (Å²) < 4.78 is 44.3. The van der Waals surface area contributed by atoms with Gasteiger partial charge in [-0.1, -0.05) is 0 Å². The number of hydrogen-bond acceptors (Lipinski definition) is 5. The second kappa shape index (κ2) is 4.14. The minimum atomic E-state index is -4.93. The predicted molar refractivity (Wildman–Crippen MR) is 46.6 cm³/mol. The van der Waals surface area contributed by atoms with Crippen LogP contribution in [0.3, 0.4) is 0 Å². The monoisotopic (exact) mass is 233 g/mol. The van der Waals surface area contributed by atoms with Gasteiger partial charge in [-0.25, -0.2) is 4.98 Å². The molecule has 0 bridgehead atoms. The summed E-state index contributed by atoms with van der Waals surface area (Å²) in [7, 11) is 1.12. The van der Waals surface area contributed by atoms with Crippen molar-refractivity contribution >= 4 is 5.82 Å². The van der Waals surface area contributed by atoms with E-state index in [1.807, 2.05) is 0 Å². The molecule has 8 heteroatoms. The Morgan fingerprint density at radius 1 is 1.50 bits per heavy atom. The molecule has 1 heterocycles. The van der Waals surface area contributed by atoms with Crippen LogP contribution >= 0.6 is 0 Å². The number of nitrogens with zero attached hydrogens (tertiary/aromatic N) is 2. The second-order valence-electron chi connectivity index (χ2n) is 2.59. The zero-order valence-electron chi connectivity index (χ0n) is 8.00. The molecule has 86 valence electrons. The summed E-state index contributed by atoms with van der Waals surface area (Å²) >= 11 is 0. The van der Waals surface area contributed by atoms with Crippen LogP contribution in [0.15, 0.2) is 6.07 Å². The second-order valence-corrected chi connectivity index (χ2v) is 2.59. The molecule has 0 fully saturated rings. The standard InChI is InChI=1S/C8H6F3N3O2/c1-15-5-2-6(13)14-4(3-12)7(5)16-8(9,10)11/h2H,1H3,(H2,13,14). The molecule has 0 aliphatic carbocycles. The van der Waals surface area contributed by atoms with Gasteiger partial charge in [0.2, 0.25) is 5.75 Å². The van der Waals surface area contributed by atoms with Crippen molar-refractivity contribution in [3.05, 3.63) is 11.8 Å². The number of aromatic nitrogens is 1. The SMILES string of the molecule is COc1cc(N)nc(C#N)c1OC(F)(F)F. The van der Waals surface area contributed by atoms with Crippen molar-refractivity contribution in [2.45, 2.75) is 6.36 Å². The summed E-state index contributed by atoms with van der Waals surface area (Å²) in [5, 5.41) is 8.59.